The van der Waals surface area contributed by atoms with E-state index in [0.29, 0.717) is 0 Å². The minimum Gasteiger partial charge on any atom is -0.492 e. The first-order valence-corrected chi connectivity index (χ1v) is 10.6. The molecule has 7 nitrogen and oxygen atoms in total. The van der Waals surface area contributed by atoms with Crippen molar-refractivity contribution in [3.05, 3.63) is 69.6 Å². The van der Waals surface area contributed by atoms with Crippen molar-refractivity contribution in [2.45, 2.75) is 33.0 Å². The smallest absolute Gasteiger partial charge is 0.359 e. The molecule has 0 unspecified atom stereocenters. The van der Waals surface area contributed by atoms with Gasteiger partial charge in [0.1, 0.15) is 11.6 Å². The molecule has 33 heavy (non-hydrogen) atoms. The Bertz CT molecular complexity index is 1150. The monoisotopic (exact) mass is 493 g/mol. The third kappa shape index (κ3) is 6.10. The summed E-state index contributed by atoms with van der Waals surface area (Å²) in [6, 6.07) is 11.9. The van der Waals surface area contributed by atoms with Crippen molar-refractivity contribution < 1.29 is 23.5 Å². The van der Waals surface area contributed by atoms with Crippen molar-refractivity contribution in [3.63, 3.8) is 0 Å². The third-order valence-electron chi connectivity index (χ3n) is 4.21. The quantitative estimate of drug-likeness (QED) is 0.314. The summed E-state index contributed by atoms with van der Waals surface area (Å²) in [4.78, 5) is 26.8. The Hall–Kier alpha value is -2.94. The third-order valence-corrected chi connectivity index (χ3v) is 4.86. The Morgan fingerprint density at radius 2 is 1.79 bits per heavy atom. The van der Waals surface area contributed by atoms with Crippen molar-refractivity contribution in [2.24, 2.45) is 0 Å². The summed E-state index contributed by atoms with van der Waals surface area (Å²) in [5.41, 5.74) is 2.47. The first-order chi connectivity index (χ1) is 15.6. The van der Waals surface area contributed by atoms with Crippen LogP contribution in [0.2, 0.25) is 10.0 Å². The second-order valence-electron chi connectivity index (χ2n) is 7.88. The van der Waals surface area contributed by atoms with E-state index in [-0.39, 0.29) is 45.3 Å². The number of ether oxygens (including phenoxy) is 2. The van der Waals surface area contributed by atoms with Gasteiger partial charge in [0, 0.05) is 0 Å². The van der Waals surface area contributed by atoms with E-state index in [4.69, 9.17) is 37.5 Å². The lowest BCUT2D eigenvalue weighted by molar-refractivity contribution is 0.0366. The van der Waals surface area contributed by atoms with Crippen molar-refractivity contribution in [1.82, 2.24) is 9.97 Å². The van der Waals surface area contributed by atoms with Gasteiger partial charge in [0.25, 0.3) is 0 Å². The Kier molecular flexibility index (Phi) is 7.73. The molecule has 0 saturated carbocycles. The number of halogens is 3. The Morgan fingerprint density at radius 3 is 2.42 bits per heavy atom. The summed E-state index contributed by atoms with van der Waals surface area (Å²) >= 11 is 12.4. The Balaban J connectivity index is 2.04. The van der Waals surface area contributed by atoms with Crippen LogP contribution in [0.3, 0.4) is 0 Å². The molecule has 10 heteroatoms. The molecule has 0 atom stereocenters. The van der Waals surface area contributed by atoms with Gasteiger partial charge in [-0.2, -0.15) is 0 Å². The van der Waals surface area contributed by atoms with Crippen molar-refractivity contribution in [2.75, 3.05) is 12.6 Å². The van der Waals surface area contributed by atoms with Crippen molar-refractivity contribution in [3.8, 4) is 17.1 Å². The number of carbonyl (C=O) groups is 1. The molecule has 0 aliphatic carbocycles. The highest BCUT2D eigenvalue weighted by molar-refractivity contribution is 6.35. The lowest BCUT2D eigenvalue weighted by Gasteiger charge is -2.20. The zero-order valence-corrected chi connectivity index (χ0v) is 19.9. The summed E-state index contributed by atoms with van der Waals surface area (Å²) < 4.78 is 25.4. The molecule has 0 bridgehead atoms. The first kappa shape index (κ1) is 24.7. The van der Waals surface area contributed by atoms with Gasteiger partial charge in [0.15, 0.2) is 28.9 Å². The van der Waals surface area contributed by atoms with Gasteiger partial charge >= 0.3 is 5.97 Å². The fourth-order valence-electron chi connectivity index (χ4n) is 2.66. The number of methoxy groups -OCH3 is 1. The second kappa shape index (κ2) is 10.3. The van der Waals surface area contributed by atoms with Gasteiger partial charge in [-0.05, 0) is 38.5 Å². The molecule has 1 N–H and O–H groups in total. The van der Waals surface area contributed by atoms with E-state index in [1.165, 1.54) is 19.2 Å². The molecule has 0 spiro atoms. The van der Waals surface area contributed by atoms with Gasteiger partial charge in [0.2, 0.25) is 0 Å². The van der Waals surface area contributed by atoms with E-state index in [9.17, 15) is 4.79 Å². The number of nitrogens with zero attached hydrogens (tertiary/aromatic N) is 2. The largest absolute Gasteiger partial charge is 0.492 e. The van der Waals surface area contributed by atoms with Crippen LogP contribution in [-0.2, 0) is 16.2 Å². The van der Waals surface area contributed by atoms with Crippen LogP contribution >= 0.6 is 23.2 Å². The molecule has 1 heterocycles. The number of aromatic nitrogens is 2. The summed E-state index contributed by atoms with van der Waals surface area (Å²) in [5.74, 6) is -1.96. The summed E-state index contributed by atoms with van der Waals surface area (Å²) in [6.07, 6.45) is 0. The van der Waals surface area contributed by atoms with Crippen LogP contribution in [0.5, 0.6) is 5.75 Å². The van der Waals surface area contributed by atoms with Gasteiger partial charge in [-0.25, -0.2) is 24.6 Å². The number of hydrogen-bond donors (Lipinski definition) is 1. The number of rotatable bonds is 7. The number of nitrogens with one attached hydrogen (secondary N) is 1. The predicted octanol–water partition coefficient (Wildman–Crippen LogP) is 6.10. The average molecular weight is 494 g/mol. The molecular weight excluding hydrogens is 472 g/mol. The molecule has 1 aromatic heterocycles. The first-order valence-electron chi connectivity index (χ1n) is 9.85. The van der Waals surface area contributed by atoms with E-state index < -0.39 is 17.4 Å². The molecule has 174 valence electrons. The van der Waals surface area contributed by atoms with E-state index in [1.54, 1.807) is 32.9 Å². The molecule has 3 aromatic rings. The van der Waals surface area contributed by atoms with E-state index >= 15 is 4.39 Å². The minimum atomic E-state index is -0.812. The van der Waals surface area contributed by atoms with Gasteiger partial charge in [-0.15, -0.1) is 0 Å². The average Bonchev–Trinajstić information content (AvgIpc) is 2.77. The highest BCUT2D eigenvalue weighted by atomic mass is 35.5. The van der Waals surface area contributed by atoms with Crippen LogP contribution in [0.15, 0.2) is 42.5 Å². The summed E-state index contributed by atoms with van der Waals surface area (Å²) in [6.45, 7) is 5.40. The molecule has 0 aliphatic rings. The summed E-state index contributed by atoms with van der Waals surface area (Å²) in [7, 11) is 1.29. The van der Waals surface area contributed by atoms with Gasteiger partial charge in [-0.1, -0.05) is 53.5 Å². The Morgan fingerprint density at radius 1 is 1.09 bits per heavy atom. The number of anilines is 1. The van der Waals surface area contributed by atoms with Gasteiger partial charge < -0.3 is 9.47 Å². The van der Waals surface area contributed by atoms with Gasteiger partial charge in [0.05, 0.1) is 23.3 Å². The minimum absolute atomic E-state index is 0.000277. The number of esters is 1. The topological polar surface area (TPSA) is 82.6 Å². The maximum atomic E-state index is 15.0. The van der Waals surface area contributed by atoms with Crippen molar-refractivity contribution >= 4 is 35.0 Å². The van der Waals surface area contributed by atoms with Crippen LogP contribution in [0, 0.1) is 5.82 Å². The van der Waals surface area contributed by atoms with E-state index in [1.807, 2.05) is 18.2 Å². The molecule has 3 rings (SSSR count). The lowest BCUT2D eigenvalue weighted by atomic mass is 10.1. The van der Waals surface area contributed by atoms with E-state index in [2.05, 4.69) is 15.4 Å². The summed E-state index contributed by atoms with van der Waals surface area (Å²) in [5, 5.41) is -0.0629. The molecule has 0 radical (unpaired) electrons. The van der Waals surface area contributed by atoms with Gasteiger partial charge in [-0.3, -0.25) is 4.84 Å². The molecule has 0 fully saturated rings. The molecule has 0 aliphatic heterocycles. The number of carbonyl (C=O) groups excluding carboxylic acids is 1. The number of hydrogen-bond acceptors (Lipinski definition) is 7. The van der Waals surface area contributed by atoms with Crippen LogP contribution in [0.25, 0.3) is 11.4 Å². The highest BCUT2D eigenvalue weighted by Gasteiger charge is 2.25. The second-order valence-corrected chi connectivity index (χ2v) is 8.66. The highest BCUT2D eigenvalue weighted by Crippen LogP contribution is 2.35. The SMILES string of the molecule is COc1c(Cl)ccc(-c2nc(NOC(C)(C)C)c(Cl)c(C(=O)OCc3ccccc3)n2)c1F. The normalized spacial score (nSPS) is 11.2. The maximum Gasteiger partial charge on any atom is 0.359 e. The molecule has 0 saturated heterocycles. The molecular formula is C23H22Cl2FN3O4. The standard InChI is InChI=1S/C23H22Cl2FN3O4/c1-23(2,3)33-29-21-16(25)18(22(30)32-12-13-8-6-5-7-9-13)27-20(28-21)14-10-11-15(24)19(31-4)17(14)26/h5-11H,12H2,1-4H3,(H,27,28,29). The fourth-order valence-corrected chi connectivity index (χ4v) is 3.08. The van der Waals surface area contributed by atoms with Crippen molar-refractivity contribution in [1.29, 1.82) is 0 Å². The Labute approximate surface area is 200 Å². The van der Waals surface area contributed by atoms with E-state index in [0.717, 1.165) is 5.56 Å². The lowest BCUT2D eigenvalue weighted by Crippen LogP contribution is -2.24. The van der Waals surface area contributed by atoms with Crippen LogP contribution in [0.4, 0.5) is 10.2 Å². The van der Waals surface area contributed by atoms with Crippen LogP contribution < -0.4 is 10.2 Å². The zero-order valence-electron chi connectivity index (χ0n) is 18.4. The number of benzene rings is 2. The van der Waals surface area contributed by atoms with Crippen LogP contribution in [0.1, 0.15) is 36.8 Å². The van der Waals surface area contributed by atoms with Crippen LogP contribution in [-0.4, -0.2) is 28.6 Å². The predicted molar refractivity (Wildman–Crippen MR) is 124 cm³/mol. The molecule has 2 aromatic carbocycles. The fraction of sp³-hybridized carbons (Fsp3) is 0.261. The zero-order chi connectivity index (χ0) is 24.2. The maximum absolute atomic E-state index is 15.0. The molecule has 0 amide bonds.